The smallest absolute Gasteiger partial charge is 0.191 e. The second kappa shape index (κ2) is 14.3. The molecule has 0 aliphatic carbocycles. The van der Waals surface area contributed by atoms with Crippen LogP contribution in [0.15, 0.2) is 23.2 Å². The van der Waals surface area contributed by atoms with Gasteiger partial charge < -0.3 is 24.8 Å². The van der Waals surface area contributed by atoms with Crippen molar-refractivity contribution in [2.24, 2.45) is 4.99 Å². The summed E-state index contributed by atoms with van der Waals surface area (Å²) in [6.07, 6.45) is 2.26. The monoisotopic (exact) mass is 379 g/mol. The van der Waals surface area contributed by atoms with E-state index in [-0.39, 0.29) is 6.04 Å². The van der Waals surface area contributed by atoms with Gasteiger partial charge in [0.25, 0.3) is 0 Å². The summed E-state index contributed by atoms with van der Waals surface area (Å²) >= 11 is 0. The van der Waals surface area contributed by atoms with Crippen LogP contribution in [0.4, 0.5) is 0 Å². The number of nitrogens with zero attached hydrogens (tertiary/aromatic N) is 1. The van der Waals surface area contributed by atoms with Crippen molar-refractivity contribution < 1.29 is 14.2 Å². The molecule has 0 amide bonds. The van der Waals surface area contributed by atoms with E-state index in [0.717, 1.165) is 43.3 Å². The van der Waals surface area contributed by atoms with E-state index >= 15 is 0 Å². The van der Waals surface area contributed by atoms with Gasteiger partial charge in [-0.2, -0.15) is 0 Å². The third kappa shape index (κ3) is 9.63. The molecule has 0 aromatic heterocycles. The van der Waals surface area contributed by atoms with E-state index in [0.29, 0.717) is 26.4 Å². The number of aryl methyl sites for hydroxylation is 1. The lowest BCUT2D eigenvalue weighted by Crippen LogP contribution is -2.39. The molecular weight excluding hydrogens is 342 g/mol. The predicted octanol–water partition coefficient (Wildman–Crippen LogP) is 3.45. The first-order valence-corrected chi connectivity index (χ1v) is 9.97. The van der Waals surface area contributed by atoms with Crippen LogP contribution < -0.4 is 15.4 Å². The lowest BCUT2D eigenvalue weighted by Gasteiger charge is -2.20. The molecule has 1 rings (SSSR count). The summed E-state index contributed by atoms with van der Waals surface area (Å²) in [6.45, 7) is 12.4. The lowest BCUT2D eigenvalue weighted by molar-refractivity contribution is 0.0497. The van der Waals surface area contributed by atoms with Crippen molar-refractivity contribution in [3.8, 4) is 5.75 Å². The molecule has 0 fully saturated rings. The summed E-state index contributed by atoms with van der Waals surface area (Å²) in [7, 11) is 1.70. The Morgan fingerprint density at radius 2 is 1.85 bits per heavy atom. The number of nitrogens with one attached hydrogen (secondary N) is 2. The average molecular weight is 380 g/mol. The van der Waals surface area contributed by atoms with Gasteiger partial charge >= 0.3 is 0 Å². The highest BCUT2D eigenvalue weighted by atomic mass is 16.5. The Kier molecular flexibility index (Phi) is 12.3. The second-order valence-electron chi connectivity index (χ2n) is 6.45. The molecule has 0 heterocycles. The van der Waals surface area contributed by atoms with Crippen LogP contribution in [-0.4, -0.2) is 52.6 Å². The van der Waals surface area contributed by atoms with Gasteiger partial charge in [0.05, 0.1) is 39.5 Å². The number of hydrogen-bond acceptors (Lipinski definition) is 4. The molecule has 0 saturated carbocycles. The fourth-order valence-electron chi connectivity index (χ4n) is 2.59. The molecule has 0 aliphatic rings. The molecule has 6 nitrogen and oxygen atoms in total. The molecule has 1 atom stereocenters. The van der Waals surface area contributed by atoms with Crippen LogP contribution in [-0.2, 0) is 9.47 Å². The maximum absolute atomic E-state index is 5.58. The molecule has 2 N–H and O–H groups in total. The van der Waals surface area contributed by atoms with Crippen molar-refractivity contribution in [3.63, 3.8) is 0 Å². The minimum Gasteiger partial charge on any atom is -0.496 e. The molecule has 0 spiro atoms. The number of unbranched alkanes of at least 4 members (excludes halogenated alkanes) is 1. The summed E-state index contributed by atoms with van der Waals surface area (Å²) in [4.78, 5) is 4.59. The Labute approximate surface area is 164 Å². The highest BCUT2D eigenvalue weighted by Gasteiger charge is 2.13. The normalized spacial score (nSPS) is 12.7. The molecule has 0 saturated heterocycles. The number of aliphatic imine (C=N–C) groups is 1. The van der Waals surface area contributed by atoms with Crippen LogP contribution in [0.5, 0.6) is 5.75 Å². The molecule has 0 aliphatic heterocycles. The minimum atomic E-state index is 0.0746. The van der Waals surface area contributed by atoms with Gasteiger partial charge in [-0.15, -0.1) is 0 Å². The fourth-order valence-corrected chi connectivity index (χ4v) is 2.59. The topological polar surface area (TPSA) is 64.1 Å². The standard InChI is InChI=1S/C21H37N3O3/c1-6-8-12-26-14-15-27-13-11-23-21(22-7-2)24-18(4)19-16-17(3)9-10-20(19)25-5/h9-10,16,18H,6-8,11-15H2,1-5H3,(H2,22,23,24). The van der Waals surface area contributed by atoms with Gasteiger partial charge in [-0.1, -0.05) is 31.0 Å². The number of methoxy groups -OCH3 is 1. The zero-order valence-corrected chi connectivity index (χ0v) is 17.6. The molecule has 27 heavy (non-hydrogen) atoms. The summed E-state index contributed by atoms with van der Waals surface area (Å²) in [5.41, 5.74) is 2.32. The predicted molar refractivity (Wildman–Crippen MR) is 112 cm³/mol. The Bertz CT molecular complexity index is 549. The average Bonchev–Trinajstić information content (AvgIpc) is 2.66. The fraction of sp³-hybridized carbons (Fsp3) is 0.667. The van der Waals surface area contributed by atoms with Gasteiger partial charge in [0.15, 0.2) is 5.96 Å². The zero-order chi connectivity index (χ0) is 19.9. The summed E-state index contributed by atoms with van der Waals surface area (Å²) < 4.78 is 16.5. The first-order valence-electron chi connectivity index (χ1n) is 9.97. The van der Waals surface area contributed by atoms with Crippen LogP contribution in [0.1, 0.15) is 50.8 Å². The maximum atomic E-state index is 5.58. The summed E-state index contributed by atoms with van der Waals surface area (Å²) in [5, 5.41) is 6.72. The van der Waals surface area contributed by atoms with Crippen LogP contribution in [0.3, 0.4) is 0 Å². The van der Waals surface area contributed by atoms with Crippen molar-refractivity contribution in [1.82, 2.24) is 10.6 Å². The van der Waals surface area contributed by atoms with E-state index in [9.17, 15) is 0 Å². The molecule has 1 aromatic carbocycles. The van der Waals surface area contributed by atoms with Gasteiger partial charge in [-0.3, -0.25) is 4.99 Å². The lowest BCUT2D eigenvalue weighted by atomic mass is 10.0. The van der Waals surface area contributed by atoms with Gasteiger partial charge in [0.1, 0.15) is 5.75 Å². The quantitative estimate of drug-likeness (QED) is 0.312. The third-order valence-corrected chi connectivity index (χ3v) is 4.07. The van der Waals surface area contributed by atoms with E-state index in [1.165, 1.54) is 5.56 Å². The highest BCUT2D eigenvalue weighted by molar-refractivity contribution is 5.80. The first kappa shape index (κ1) is 23.2. The Hall–Kier alpha value is -1.79. The van der Waals surface area contributed by atoms with Crippen LogP contribution in [0.2, 0.25) is 0 Å². The van der Waals surface area contributed by atoms with Crippen LogP contribution >= 0.6 is 0 Å². The van der Waals surface area contributed by atoms with Crippen molar-refractivity contribution in [1.29, 1.82) is 0 Å². The Balaban J connectivity index is 2.46. The summed E-state index contributed by atoms with van der Waals surface area (Å²) in [6, 6.07) is 6.27. The zero-order valence-electron chi connectivity index (χ0n) is 17.6. The van der Waals surface area contributed by atoms with E-state index in [1.54, 1.807) is 7.11 Å². The van der Waals surface area contributed by atoms with Gasteiger partial charge in [0, 0.05) is 18.7 Å². The minimum absolute atomic E-state index is 0.0746. The first-order chi connectivity index (χ1) is 13.1. The molecule has 6 heteroatoms. The number of benzene rings is 1. The van der Waals surface area contributed by atoms with Crippen molar-refractivity contribution >= 4 is 5.96 Å². The van der Waals surface area contributed by atoms with E-state index in [2.05, 4.69) is 55.5 Å². The van der Waals surface area contributed by atoms with Crippen molar-refractivity contribution in [2.75, 3.05) is 46.6 Å². The van der Waals surface area contributed by atoms with E-state index in [4.69, 9.17) is 14.2 Å². The molecule has 1 unspecified atom stereocenters. The molecule has 0 radical (unpaired) electrons. The number of hydrogen-bond donors (Lipinski definition) is 2. The van der Waals surface area contributed by atoms with Crippen LogP contribution in [0, 0.1) is 6.92 Å². The molecule has 0 bridgehead atoms. The van der Waals surface area contributed by atoms with Gasteiger partial charge in [-0.05, 0) is 33.3 Å². The maximum Gasteiger partial charge on any atom is 0.191 e. The molecular formula is C21H37N3O3. The largest absolute Gasteiger partial charge is 0.496 e. The molecule has 154 valence electrons. The Morgan fingerprint density at radius 3 is 2.52 bits per heavy atom. The van der Waals surface area contributed by atoms with E-state index in [1.807, 2.05) is 6.07 Å². The van der Waals surface area contributed by atoms with Crippen molar-refractivity contribution in [3.05, 3.63) is 29.3 Å². The van der Waals surface area contributed by atoms with E-state index < -0.39 is 0 Å². The SMILES string of the molecule is CCCCOCCOCCN=C(NCC)NC(C)c1cc(C)ccc1OC. The number of rotatable bonds is 13. The van der Waals surface area contributed by atoms with Gasteiger partial charge in [-0.25, -0.2) is 0 Å². The highest BCUT2D eigenvalue weighted by Crippen LogP contribution is 2.25. The second-order valence-corrected chi connectivity index (χ2v) is 6.45. The number of ether oxygens (including phenoxy) is 3. The summed E-state index contributed by atoms with van der Waals surface area (Å²) in [5.74, 6) is 1.65. The Morgan fingerprint density at radius 1 is 1.11 bits per heavy atom. The van der Waals surface area contributed by atoms with Gasteiger partial charge in [0.2, 0.25) is 0 Å². The van der Waals surface area contributed by atoms with Crippen molar-refractivity contribution in [2.45, 2.75) is 46.6 Å². The van der Waals surface area contributed by atoms with Crippen LogP contribution in [0.25, 0.3) is 0 Å². The third-order valence-electron chi connectivity index (χ3n) is 4.07. The number of guanidine groups is 1. The molecule has 1 aromatic rings.